The molecule has 21 heavy (non-hydrogen) atoms. The monoisotopic (exact) mass is 307 g/mol. The number of hydrogen-bond acceptors (Lipinski definition) is 3. The normalized spacial score (nSPS) is 20.6. The van der Waals surface area contributed by atoms with Gasteiger partial charge in [0.2, 0.25) is 5.91 Å². The highest BCUT2D eigenvalue weighted by Crippen LogP contribution is 2.51. The first-order valence-corrected chi connectivity index (χ1v) is 8.22. The first kappa shape index (κ1) is 15.9. The summed E-state index contributed by atoms with van der Waals surface area (Å²) in [6, 6.07) is 7.20. The van der Waals surface area contributed by atoms with Gasteiger partial charge in [-0.3, -0.25) is 9.59 Å². The quantitative estimate of drug-likeness (QED) is 0.793. The van der Waals surface area contributed by atoms with Gasteiger partial charge >= 0.3 is 5.97 Å². The lowest BCUT2D eigenvalue weighted by molar-refractivity contribution is -0.137. The molecule has 0 saturated heterocycles. The highest BCUT2D eigenvalue weighted by atomic mass is 32.2. The Morgan fingerprint density at radius 2 is 1.95 bits per heavy atom. The minimum Gasteiger partial charge on any atom is -0.481 e. The lowest BCUT2D eigenvalue weighted by atomic mass is 10.0. The van der Waals surface area contributed by atoms with Crippen molar-refractivity contribution in [1.29, 1.82) is 0 Å². The second-order valence-corrected chi connectivity index (χ2v) is 7.06. The molecule has 2 atom stereocenters. The van der Waals surface area contributed by atoms with Gasteiger partial charge < -0.3 is 10.4 Å². The fourth-order valence-electron chi connectivity index (χ4n) is 2.45. The number of carbonyl (C=O) groups excluding carboxylic acids is 1. The van der Waals surface area contributed by atoms with Crippen molar-refractivity contribution in [3.8, 4) is 0 Å². The summed E-state index contributed by atoms with van der Waals surface area (Å²) in [4.78, 5) is 24.4. The lowest BCUT2D eigenvalue weighted by Crippen LogP contribution is -2.32. The second-order valence-electron chi connectivity index (χ2n) is 6.18. The SMILES string of the molecule is CSc1ccc(C(CC(=O)O)NC(=O)[C@H]2CC2(C)C)cc1. The Bertz CT molecular complexity index is 539. The third kappa shape index (κ3) is 4.00. The van der Waals surface area contributed by atoms with Crippen LogP contribution in [-0.2, 0) is 9.59 Å². The molecular formula is C16H21NO3S. The molecule has 1 aliphatic rings. The molecular weight excluding hydrogens is 286 g/mol. The third-order valence-corrected chi connectivity index (χ3v) is 4.79. The zero-order valence-corrected chi connectivity index (χ0v) is 13.4. The van der Waals surface area contributed by atoms with E-state index < -0.39 is 12.0 Å². The van der Waals surface area contributed by atoms with Crippen LogP contribution >= 0.6 is 11.8 Å². The molecule has 0 bridgehead atoms. The Labute approximate surface area is 129 Å². The Morgan fingerprint density at radius 1 is 1.38 bits per heavy atom. The van der Waals surface area contributed by atoms with Crippen LogP contribution in [0.3, 0.4) is 0 Å². The summed E-state index contributed by atoms with van der Waals surface area (Å²) in [5.41, 5.74) is 0.877. The first-order valence-electron chi connectivity index (χ1n) is 6.99. The van der Waals surface area contributed by atoms with Crippen LogP contribution in [-0.4, -0.2) is 23.2 Å². The van der Waals surface area contributed by atoms with Crippen LogP contribution in [0.15, 0.2) is 29.2 Å². The van der Waals surface area contributed by atoms with Crippen LogP contribution in [0.25, 0.3) is 0 Å². The molecule has 0 spiro atoms. The number of amides is 1. The summed E-state index contributed by atoms with van der Waals surface area (Å²) >= 11 is 1.63. The number of nitrogens with one attached hydrogen (secondary N) is 1. The maximum Gasteiger partial charge on any atom is 0.305 e. The van der Waals surface area contributed by atoms with Crippen LogP contribution in [0.5, 0.6) is 0 Å². The van der Waals surface area contributed by atoms with Gasteiger partial charge in [-0.1, -0.05) is 26.0 Å². The van der Waals surface area contributed by atoms with Gasteiger partial charge in [0.05, 0.1) is 12.5 Å². The van der Waals surface area contributed by atoms with E-state index in [4.69, 9.17) is 5.11 Å². The van der Waals surface area contributed by atoms with Gasteiger partial charge in [-0.05, 0) is 35.8 Å². The van der Waals surface area contributed by atoms with Crippen LogP contribution in [0, 0.1) is 11.3 Å². The van der Waals surface area contributed by atoms with E-state index in [0.717, 1.165) is 16.9 Å². The van der Waals surface area contributed by atoms with E-state index in [1.807, 2.05) is 30.5 Å². The molecule has 1 unspecified atom stereocenters. The van der Waals surface area contributed by atoms with Crippen molar-refractivity contribution in [2.45, 2.75) is 37.6 Å². The lowest BCUT2D eigenvalue weighted by Gasteiger charge is -2.18. The molecule has 4 nitrogen and oxygen atoms in total. The predicted octanol–water partition coefficient (Wildman–Crippen LogP) is 3.09. The molecule has 2 rings (SSSR count). The summed E-state index contributed by atoms with van der Waals surface area (Å²) in [5.74, 6) is -0.955. The summed E-state index contributed by atoms with van der Waals surface area (Å²) in [5, 5.41) is 12.0. The second kappa shape index (κ2) is 6.10. The number of aliphatic carboxylic acids is 1. The molecule has 1 fully saturated rings. The van der Waals surface area contributed by atoms with Gasteiger partial charge in [-0.15, -0.1) is 11.8 Å². The molecule has 1 saturated carbocycles. The standard InChI is InChI=1S/C16H21NO3S/c1-16(2)9-12(16)15(20)17-13(8-14(18)19)10-4-6-11(21-3)7-5-10/h4-7,12-13H,8-9H2,1-3H3,(H,17,20)(H,18,19)/t12-,13?/m1/s1. The molecule has 0 radical (unpaired) electrons. The van der Waals surface area contributed by atoms with Crippen LogP contribution < -0.4 is 5.32 Å². The van der Waals surface area contributed by atoms with Crippen molar-refractivity contribution in [2.75, 3.05) is 6.26 Å². The molecule has 1 aliphatic carbocycles. The van der Waals surface area contributed by atoms with E-state index in [-0.39, 0.29) is 23.7 Å². The maximum absolute atomic E-state index is 12.2. The average molecular weight is 307 g/mol. The summed E-state index contributed by atoms with van der Waals surface area (Å²) < 4.78 is 0. The zero-order valence-electron chi connectivity index (χ0n) is 12.6. The van der Waals surface area contributed by atoms with Gasteiger partial charge in [0, 0.05) is 10.8 Å². The first-order chi connectivity index (χ1) is 9.83. The number of carbonyl (C=O) groups is 2. The van der Waals surface area contributed by atoms with Crippen molar-refractivity contribution in [2.24, 2.45) is 11.3 Å². The van der Waals surface area contributed by atoms with E-state index in [0.29, 0.717) is 0 Å². The van der Waals surface area contributed by atoms with E-state index in [1.165, 1.54) is 0 Å². The van der Waals surface area contributed by atoms with E-state index in [2.05, 4.69) is 19.2 Å². The molecule has 5 heteroatoms. The Balaban J connectivity index is 2.10. The summed E-state index contributed by atoms with van der Waals surface area (Å²) in [6.07, 6.45) is 2.75. The summed E-state index contributed by atoms with van der Waals surface area (Å²) in [7, 11) is 0. The van der Waals surface area contributed by atoms with Crippen LogP contribution in [0.2, 0.25) is 0 Å². The van der Waals surface area contributed by atoms with Crippen molar-refractivity contribution < 1.29 is 14.7 Å². The number of rotatable bonds is 6. The Hall–Kier alpha value is -1.49. The van der Waals surface area contributed by atoms with Crippen molar-refractivity contribution >= 4 is 23.6 Å². The van der Waals surface area contributed by atoms with Crippen molar-refractivity contribution in [3.63, 3.8) is 0 Å². The molecule has 1 aromatic carbocycles. The minimum absolute atomic E-state index is 0.000680. The van der Waals surface area contributed by atoms with Gasteiger partial charge in [-0.2, -0.15) is 0 Å². The number of carboxylic acids is 1. The Kier molecular flexibility index (Phi) is 4.61. The van der Waals surface area contributed by atoms with Crippen molar-refractivity contribution in [3.05, 3.63) is 29.8 Å². The number of carboxylic acid groups (broad SMARTS) is 1. The zero-order chi connectivity index (χ0) is 15.6. The molecule has 1 amide bonds. The summed E-state index contributed by atoms with van der Waals surface area (Å²) in [6.45, 7) is 4.10. The molecule has 2 N–H and O–H groups in total. The largest absolute Gasteiger partial charge is 0.481 e. The Morgan fingerprint density at radius 3 is 2.38 bits per heavy atom. The molecule has 0 aromatic heterocycles. The third-order valence-electron chi connectivity index (χ3n) is 4.04. The topological polar surface area (TPSA) is 66.4 Å². The smallest absolute Gasteiger partial charge is 0.305 e. The van der Waals surface area contributed by atoms with Crippen LogP contribution in [0.1, 0.15) is 38.3 Å². The minimum atomic E-state index is -0.913. The molecule has 0 heterocycles. The van der Waals surface area contributed by atoms with E-state index in [1.54, 1.807) is 11.8 Å². The van der Waals surface area contributed by atoms with Crippen LogP contribution in [0.4, 0.5) is 0 Å². The average Bonchev–Trinajstić information content (AvgIpc) is 3.07. The molecule has 0 aliphatic heterocycles. The van der Waals surface area contributed by atoms with Gasteiger partial charge in [0.15, 0.2) is 0 Å². The fourth-order valence-corrected chi connectivity index (χ4v) is 2.86. The maximum atomic E-state index is 12.2. The predicted molar refractivity (Wildman–Crippen MR) is 83.2 cm³/mol. The highest BCUT2D eigenvalue weighted by Gasteiger charge is 2.50. The van der Waals surface area contributed by atoms with Gasteiger partial charge in [0.25, 0.3) is 0 Å². The number of thioether (sulfide) groups is 1. The van der Waals surface area contributed by atoms with E-state index >= 15 is 0 Å². The number of hydrogen-bond donors (Lipinski definition) is 2. The van der Waals surface area contributed by atoms with Gasteiger partial charge in [0.1, 0.15) is 0 Å². The number of benzene rings is 1. The van der Waals surface area contributed by atoms with Crippen molar-refractivity contribution in [1.82, 2.24) is 5.32 Å². The highest BCUT2D eigenvalue weighted by molar-refractivity contribution is 7.98. The fraction of sp³-hybridized carbons (Fsp3) is 0.500. The molecule has 114 valence electrons. The van der Waals surface area contributed by atoms with Gasteiger partial charge in [-0.25, -0.2) is 0 Å². The van der Waals surface area contributed by atoms with E-state index in [9.17, 15) is 9.59 Å². The molecule has 1 aromatic rings.